The number of rotatable bonds is 6. The van der Waals surface area contributed by atoms with Crippen molar-refractivity contribution in [2.45, 2.75) is 32.0 Å². The predicted molar refractivity (Wildman–Crippen MR) is 66.2 cm³/mol. The van der Waals surface area contributed by atoms with E-state index in [9.17, 15) is 5.11 Å². The molecule has 16 heavy (non-hydrogen) atoms. The van der Waals surface area contributed by atoms with Gasteiger partial charge in [-0.2, -0.15) is 0 Å². The Balaban J connectivity index is 2.71. The van der Waals surface area contributed by atoms with Crippen LogP contribution in [-0.4, -0.2) is 18.3 Å². The fourth-order valence-corrected chi connectivity index (χ4v) is 1.71. The van der Waals surface area contributed by atoms with Crippen molar-refractivity contribution < 1.29 is 9.84 Å². The molecule has 2 unspecified atom stereocenters. The highest BCUT2D eigenvalue weighted by Crippen LogP contribution is 2.24. The molecule has 0 saturated carbocycles. The number of benzene rings is 1. The van der Waals surface area contributed by atoms with E-state index >= 15 is 0 Å². The van der Waals surface area contributed by atoms with E-state index in [-0.39, 0.29) is 6.10 Å². The lowest BCUT2D eigenvalue weighted by Crippen LogP contribution is -2.20. The molecular weight excluding hydrogens is 200 g/mol. The molecule has 1 aromatic carbocycles. The molecule has 1 rings (SSSR count). The summed E-state index contributed by atoms with van der Waals surface area (Å²) in [5.74, 6) is 0. The van der Waals surface area contributed by atoms with E-state index in [4.69, 9.17) is 4.74 Å². The highest BCUT2D eigenvalue weighted by Gasteiger charge is 2.20. The molecule has 2 nitrogen and oxygen atoms in total. The van der Waals surface area contributed by atoms with Gasteiger partial charge in [0.25, 0.3) is 0 Å². The molecule has 0 aliphatic rings. The van der Waals surface area contributed by atoms with Gasteiger partial charge >= 0.3 is 0 Å². The normalized spacial score (nSPS) is 14.4. The summed E-state index contributed by atoms with van der Waals surface area (Å²) in [6, 6.07) is 9.77. The van der Waals surface area contributed by atoms with E-state index in [0.29, 0.717) is 6.42 Å². The number of hydrogen-bond acceptors (Lipinski definition) is 2. The van der Waals surface area contributed by atoms with Crippen molar-refractivity contribution >= 4 is 0 Å². The summed E-state index contributed by atoms with van der Waals surface area (Å²) in [5, 5.41) is 10.1. The lowest BCUT2D eigenvalue weighted by atomic mass is 9.98. The van der Waals surface area contributed by atoms with E-state index in [0.717, 1.165) is 17.6 Å². The first-order chi connectivity index (χ1) is 7.69. The first kappa shape index (κ1) is 12.9. The molecule has 0 heterocycles. The Labute approximate surface area is 97.6 Å². The number of methoxy groups -OCH3 is 1. The molecule has 0 spiro atoms. The summed E-state index contributed by atoms with van der Waals surface area (Å²) in [5.41, 5.74) is 2.05. The van der Waals surface area contributed by atoms with Crippen molar-refractivity contribution in [1.29, 1.82) is 0 Å². The third-order valence-corrected chi connectivity index (χ3v) is 2.73. The van der Waals surface area contributed by atoms with E-state index in [1.54, 1.807) is 7.11 Å². The van der Waals surface area contributed by atoms with E-state index in [2.05, 4.69) is 6.58 Å². The van der Waals surface area contributed by atoms with Crippen molar-refractivity contribution in [2.24, 2.45) is 0 Å². The van der Waals surface area contributed by atoms with Gasteiger partial charge in [-0.1, -0.05) is 49.4 Å². The molecule has 0 amide bonds. The molecule has 0 bridgehead atoms. The van der Waals surface area contributed by atoms with Gasteiger partial charge in [0.1, 0.15) is 6.10 Å². The van der Waals surface area contributed by atoms with E-state index in [1.807, 2.05) is 37.3 Å². The minimum absolute atomic E-state index is 0.274. The summed E-state index contributed by atoms with van der Waals surface area (Å²) < 4.78 is 5.35. The number of ether oxygens (including phenoxy) is 1. The molecule has 88 valence electrons. The first-order valence-electron chi connectivity index (χ1n) is 5.61. The van der Waals surface area contributed by atoms with Gasteiger partial charge < -0.3 is 9.84 Å². The van der Waals surface area contributed by atoms with Crippen LogP contribution in [0.25, 0.3) is 0 Å². The zero-order chi connectivity index (χ0) is 12.0. The second kappa shape index (κ2) is 6.46. The fourth-order valence-electron chi connectivity index (χ4n) is 1.71. The average Bonchev–Trinajstić information content (AvgIpc) is 2.31. The zero-order valence-corrected chi connectivity index (χ0v) is 10.0. The molecule has 0 aliphatic carbocycles. The van der Waals surface area contributed by atoms with Crippen LogP contribution < -0.4 is 0 Å². The van der Waals surface area contributed by atoms with Crippen LogP contribution in [0, 0.1) is 0 Å². The summed E-state index contributed by atoms with van der Waals surface area (Å²) in [4.78, 5) is 0. The largest absolute Gasteiger partial charge is 0.390 e. The molecule has 0 aliphatic heterocycles. The van der Waals surface area contributed by atoms with Gasteiger partial charge in [0.2, 0.25) is 0 Å². The molecule has 0 fully saturated rings. The van der Waals surface area contributed by atoms with Gasteiger partial charge in [0.05, 0.1) is 6.10 Å². The molecular formula is C14H20O2. The topological polar surface area (TPSA) is 29.5 Å². The second-order valence-corrected chi connectivity index (χ2v) is 3.94. The SMILES string of the molecule is C=C(CC)CC(O)C(OC)c1ccccc1. The smallest absolute Gasteiger partial charge is 0.108 e. The number of aliphatic hydroxyl groups is 1. The van der Waals surface area contributed by atoms with Crippen molar-refractivity contribution in [3.8, 4) is 0 Å². The Morgan fingerprint density at radius 3 is 2.50 bits per heavy atom. The summed E-state index contributed by atoms with van der Waals surface area (Å²) in [7, 11) is 1.62. The number of hydrogen-bond donors (Lipinski definition) is 1. The van der Waals surface area contributed by atoms with Crippen LogP contribution in [-0.2, 0) is 4.74 Å². The Bertz CT molecular complexity index is 319. The second-order valence-electron chi connectivity index (χ2n) is 3.94. The van der Waals surface area contributed by atoms with Crippen molar-refractivity contribution in [3.63, 3.8) is 0 Å². The summed E-state index contributed by atoms with van der Waals surface area (Å²) in [6.07, 6.45) is 0.677. The molecule has 0 aromatic heterocycles. The van der Waals surface area contributed by atoms with Gasteiger partial charge in [-0.15, -0.1) is 0 Å². The molecule has 2 atom stereocenters. The van der Waals surface area contributed by atoms with Gasteiger partial charge in [-0.05, 0) is 18.4 Å². The van der Waals surface area contributed by atoms with Gasteiger partial charge in [-0.3, -0.25) is 0 Å². The Morgan fingerprint density at radius 1 is 1.38 bits per heavy atom. The van der Waals surface area contributed by atoms with Crippen LogP contribution in [0.3, 0.4) is 0 Å². The fraction of sp³-hybridized carbons (Fsp3) is 0.429. The standard InChI is InChI=1S/C14H20O2/c1-4-11(2)10-13(15)14(16-3)12-8-6-5-7-9-12/h5-9,13-15H,2,4,10H2,1,3H3. The lowest BCUT2D eigenvalue weighted by molar-refractivity contribution is -0.0130. The zero-order valence-electron chi connectivity index (χ0n) is 10.0. The van der Waals surface area contributed by atoms with Crippen LogP contribution in [0.15, 0.2) is 42.5 Å². The Morgan fingerprint density at radius 2 is 2.00 bits per heavy atom. The highest BCUT2D eigenvalue weighted by atomic mass is 16.5. The lowest BCUT2D eigenvalue weighted by Gasteiger charge is -2.22. The van der Waals surface area contributed by atoms with Crippen LogP contribution in [0.2, 0.25) is 0 Å². The molecule has 1 N–H and O–H groups in total. The summed E-state index contributed by atoms with van der Waals surface area (Å²) >= 11 is 0. The monoisotopic (exact) mass is 220 g/mol. The minimum atomic E-state index is -0.528. The third kappa shape index (κ3) is 3.47. The van der Waals surface area contributed by atoms with Crippen molar-refractivity contribution in [3.05, 3.63) is 48.0 Å². The minimum Gasteiger partial charge on any atom is -0.390 e. The summed E-state index contributed by atoms with van der Waals surface area (Å²) in [6.45, 7) is 5.95. The van der Waals surface area contributed by atoms with Crippen molar-refractivity contribution in [2.75, 3.05) is 7.11 Å². The molecule has 0 saturated heterocycles. The van der Waals surface area contributed by atoms with Crippen LogP contribution >= 0.6 is 0 Å². The molecule has 1 aromatic rings. The van der Waals surface area contributed by atoms with Crippen LogP contribution in [0.1, 0.15) is 31.4 Å². The third-order valence-electron chi connectivity index (χ3n) is 2.73. The maximum atomic E-state index is 10.1. The maximum Gasteiger partial charge on any atom is 0.108 e. The molecule has 0 radical (unpaired) electrons. The van der Waals surface area contributed by atoms with E-state index < -0.39 is 6.10 Å². The van der Waals surface area contributed by atoms with E-state index in [1.165, 1.54) is 0 Å². The Hall–Kier alpha value is -1.12. The van der Waals surface area contributed by atoms with Gasteiger partial charge in [0.15, 0.2) is 0 Å². The molecule has 2 heteroatoms. The first-order valence-corrected chi connectivity index (χ1v) is 5.61. The predicted octanol–water partition coefficient (Wildman–Crippen LogP) is 3.09. The quantitative estimate of drug-likeness (QED) is 0.746. The van der Waals surface area contributed by atoms with Crippen LogP contribution in [0.4, 0.5) is 0 Å². The van der Waals surface area contributed by atoms with Gasteiger partial charge in [0, 0.05) is 7.11 Å². The van der Waals surface area contributed by atoms with Crippen LogP contribution in [0.5, 0.6) is 0 Å². The highest BCUT2D eigenvalue weighted by molar-refractivity contribution is 5.19. The van der Waals surface area contributed by atoms with Crippen molar-refractivity contribution in [1.82, 2.24) is 0 Å². The Kier molecular flexibility index (Phi) is 5.23. The number of aliphatic hydroxyl groups excluding tert-OH is 1. The average molecular weight is 220 g/mol. The van der Waals surface area contributed by atoms with Gasteiger partial charge in [-0.25, -0.2) is 0 Å². The maximum absolute atomic E-state index is 10.1.